The van der Waals surface area contributed by atoms with E-state index < -0.39 is 17.4 Å². The number of rotatable bonds is 3. The van der Waals surface area contributed by atoms with E-state index in [1.165, 1.54) is 12.1 Å². The number of carbonyl (C=O) groups is 1. The first kappa shape index (κ1) is 11.8. The second-order valence-electron chi connectivity index (χ2n) is 3.61. The van der Waals surface area contributed by atoms with Crippen LogP contribution >= 0.6 is 0 Å². The van der Waals surface area contributed by atoms with Gasteiger partial charge in [-0.05, 0) is 17.7 Å². The lowest BCUT2D eigenvalue weighted by molar-refractivity contribution is -0.135. The molecule has 0 saturated carbocycles. The largest absolute Gasteiger partial charge is 0.481 e. The number of aromatic nitrogens is 1. The van der Waals surface area contributed by atoms with Crippen LogP contribution in [0.15, 0.2) is 38.3 Å². The highest BCUT2D eigenvalue weighted by Gasteiger charge is 2.02. The maximum Gasteiger partial charge on any atom is 0.419 e. The Morgan fingerprint density at radius 2 is 2.17 bits per heavy atom. The van der Waals surface area contributed by atoms with Crippen molar-refractivity contribution in [2.24, 2.45) is 0 Å². The number of carboxylic acid groups (broad SMARTS) is 1. The predicted octanol–water partition coefficient (Wildman–Crippen LogP) is 0.969. The fourth-order valence-electron chi connectivity index (χ4n) is 1.51. The standard InChI is InChI=1S/C12H9NO5/c14-10(15)3-1-2-7-4-5-9-8(6-7)11(16)18-12(17)13-9/h1-2,4-6H,3H2,(H,13,17)(H,14,15). The van der Waals surface area contributed by atoms with Crippen molar-refractivity contribution in [3.8, 4) is 0 Å². The molecule has 1 heterocycles. The molecule has 0 fully saturated rings. The van der Waals surface area contributed by atoms with Crippen LogP contribution in [0.4, 0.5) is 0 Å². The van der Waals surface area contributed by atoms with E-state index in [-0.39, 0.29) is 11.8 Å². The maximum atomic E-state index is 11.4. The van der Waals surface area contributed by atoms with Crippen molar-refractivity contribution >= 4 is 22.9 Å². The Morgan fingerprint density at radius 3 is 2.89 bits per heavy atom. The number of hydrogen-bond acceptors (Lipinski definition) is 4. The molecule has 0 aliphatic carbocycles. The fraction of sp³-hybridized carbons (Fsp3) is 0.0833. The van der Waals surface area contributed by atoms with Crippen LogP contribution in [-0.4, -0.2) is 16.1 Å². The lowest BCUT2D eigenvalue weighted by Crippen LogP contribution is -2.14. The SMILES string of the molecule is O=C(O)CC=Cc1ccc2[nH]c(=O)oc(=O)c2c1. The Morgan fingerprint density at radius 1 is 1.39 bits per heavy atom. The number of aliphatic carboxylic acids is 1. The second kappa shape index (κ2) is 4.70. The van der Waals surface area contributed by atoms with E-state index >= 15 is 0 Å². The summed E-state index contributed by atoms with van der Waals surface area (Å²) >= 11 is 0. The first-order valence-corrected chi connectivity index (χ1v) is 5.12. The van der Waals surface area contributed by atoms with Gasteiger partial charge in [0.15, 0.2) is 0 Å². The molecule has 0 aliphatic rings. The first-order valence-electron chi connectivity index (χ1n) is 5.12. The van der Waals surface area contributed by atoms with E-state index in [9.17, 15) is 14.4 Å². The first-order chi connectivity index (χ1) is 8.56. The van der Waals surface area contributed by atoms with Gasteiger partial charge >= 0.3 is 17.4 Å². The van der Waals surface area contributed by atoms with Gasteiger partial charge in [0.05, 0.1) is 17.3 Å². The number of hydrogen-bond donors (Lipinski definition) is 2. The number of aromatic amines is 1. The molecule has 2 rings (SSSR count). The van der Waals surface area contributed by atoms with E-state index in [4.69, 9.17) is 5.11 Å². The Labute approximate surface area is 100 Å². The van der Waals surface area contributed by atoms with Crippen molar-refractivity contribution in [2.75, 3.05) is 0 Å². The summed E-state index contributed by atoms with van der Waals surface area (Å²) in [5.41, 5.74) is 0.317. The summed E-state index contributed by atoms with van der Waals surface area (Å²) in [6.07, 6.45) is 2.95. The van der Waals surface area contributed by atoms with Crippen molar-refractivity contribution in [1.29, 1.82) is 0 Å². The van der Waals surface area contributed by atoms with Gasteiger partial charge in [0.2, 0.25) is 0 Å². The fourth-order valence-corrected chi connectivity index (χ4v) is 1.51. The van der Waals surface area contributed by atoms with Crippen molar-refractivity contribution in [3.05, 3.63) is 50.8 Å². The lowest BCUT2D eigenvalue weighted by Gasteiger charge is -1.97. The number of nitrogens with one attached hydrogen (secondary N) is 1. The van der Waals surface area contributed by atoms with Crippen LogP contribution in [0.2, 0.25) is 0 Å². The number of H-pyrrole nitrogens is 1. The molecular weight excluding hydrogens is 238 g/mol. The molecule has 0 aliphatic heterocycles. The zero-order chi connectivity index (χ0) is 13.1. The van der Waals surface area contributed by atoms with Crippen LogP contribution in [0.25, 0.3) is 17.0 Å². The molecule has 1 aromatic carbocycles. The van der Waals surface area contributed by atoms with Gasteiger partial charge in [-0.25, -0.2) is 9.59 Å². The molecule has 1 aromatic heterocycles. The summed E-state index contributed by atoms with van der Waals surface area (Å²) in [6.45, 7) is 0. The summed E-state index contributed by atoms with van der Waals surface area (Å²) in [6, 6.07) is 4.75. The van der Waals surface area contributed by atoms with E-state index in [0.29, 0.717) is 11.1 Å². The third-order valence-corrected chi connectivity index (χ3v) is 2.29. The van der Waals surface area contributed by atoms with Gasteiger partial charge in [-0.1, -0.05) is 18.2 Å². The van der Waals surface area contributed by atoms with Crippen LogP contribution in [0, 0.1) is 0 Å². The quantitative estimate of drug-likeness (QED) is 0.841. The van der Waals surface area contributed by atoms with Gasteiger partial charge in [0, 0.05) is 0 Å². The normalized spacial score (nSPS) is 11.1. The maximum absolute atomic E-state index is 11.4. The summed E-state index contributed by atoms with van der Waals surface area (Å²) in [4.78, 5) is 35.1. The van der Waals surface area contributed by atoms with Crippen LogP contribution < -0.4 is 11.4 Å². The zero-order valence-electron chi connectivity index (χ0n) is 9.17. The molecule has 2 aromatic rings. The molecule has 6 heteroatoms. The third-order valence-electron chi connectivity index (χ3n) is 2.29. The van der Waals surface area contributed by atoms with Crippen LogP contribution in [0.1, 0.15) is 12.0 Å². The summed E-state index contributed by atoms with van der Waals surface area (Å²) in [5.74, 6) is -1.74. The van der Waals surface area contributed by atoms with Crippen molar-refractivity contribution in [1.82, 2.24) is 4.98 Å². The van der Waals surface area contributed by atoms with Gasteiger partial charge in [0.25, 0.3) is 0 Å². The molecule has 6 nitrogen and oxygen atoms in total. The predicted molar refractivity (Wildman–Crippen MR) is 64.4 cm³/mol. The van der Waals surface area contributed by atoms with Gasteiger partial charge < -0.3 is 9.52 Å². The molecule has 0 saturated heterocycles. The van der Waals surface area contributed by atoms with Gasteiger partial charge in [0.1, 0.15) is 0 Å². The van der Waals surface area contributed by atoms with Crippen LogP contribution in [-0.2, 0) is 4.79 Å². The minimum absolute atomic E-state index is 0.0989. The highest BCUT2D eigenvalue weighted by molar-refractivity contribution is 5.80. The molecule has 0 radical (unpaired) electrons. The molecule has 18 heavy (non-hydrogen) atoms. The monoisotopic (exact) mass is 247 g/mol. The third kappa shape index (κ3) is 2.54. The van der Waals surface area contributed by atoms with E-state index in [0.717, 1.165) is 0 Å². The highest BCUT2D eigenvalue weighted by atomic mass is 16.4. The molecule has 0 unspecified atom stereocenters. The van der Waals surface area contributed by atoms with Gasteiger partial charge in [-0.15, -0.1) is 0 Å². The average Bonchev–Trinajstić information content (AvgIpc) is 2.29. The summed E-state index contributed by atoms with van der Waals surface area (Å²) in [5, 5.41) is 8.72. The van der Waals surface area contributed by atoms with E-state index in [2.05, 4.69) is 9.40 Å². The topological polar surface area (TPSA) is 100 Å². The number of carboxylic acids is 1. The van der Waals surface area contributed by atoms with Crippen molar-refractivity contribution < 1.29 is 14.3 Å². The molecule has 2 N–H and O–H groups in total. The molecule has 0 atom stereocenters. The molecule has 0 spiro atoms. The van der Waals surface area contributed by atoms with Crippen molar-refractivity contribution in [2.45, 2.75) is 6.42 Å². The molecule has 0 amide bonds. The minimum Gasteiger partial charge on any atom is -0.481 e. The Kier molecular flexibility index (Phi) is 3.09. The lowest BCUT2D eigenvalue weighted by atomic mass is 10.1. The Hall–Kier alpha value is -2.63. The van der Waals surface area contributed by atoms with Crippen LogP contribution in [0.3, 0.4) is 0 Å². The number of benzene rings is 1. The van der Waals surface area contributed by atoms with Crippen LogP contribution in [0.5, 0.6) is 0 Å². The molecular formula is C12H9NO5. The van der Waals surface area contributed by atoms with Gasteiger partial charge in [-0.2, -0.15) is 0 Å². The van der Waals surface area contributed by atoms with E-state index in [1.807, 2.05) is 0 Å². The van der Waals surface area contributed by atoms with Crippen molar-refractivity contribution in [3.63, 3.8) is 0 Å². The Balaban J connectivity index is 2.45. The average molecular weight is 247 g/mol. The van der Waals surface area contributed by atoms with E-state index in [1.54, 1.807) is 18.2 Å². The number of fused-ring (bicyclic) bond motifs is 1. The summed E-state index contributed by atoms with van der Waals surface area (Å²) < 4.78 is 4.40. The highest BCUT2D eigenvalue weighted by Crippen LogP contribution is 2.10. The Bertz CT molecular complexity index is 738. The smallest absolute Gasteiger partial charge is 0.419 e. The molecule has 92 valence electrons. The second-order valence-corrected chi connectivity index (χ2v) is 3.61. The molecule has 0 bridgehead atoms. The minimum atomic E-state index is -0.934. The zero-order valence-corrected chi connectivity index (χ0v) is 9.17. The summed E-state index contributed by atoms with van der Waals surface area (Å²) in [7, 11) is 0. The van der Waals surface area contributed by atoms with Gasteiger partial charge in [-0.3, -0.25) is 9.78 Å².